The first-order chi connectivity index (χ1) is 7.72. The molecule has 0 amide bonds. The van der Waals surface area contributed by atoms with Crippen LogP contribution in [0.15, 0.2) is 6.20 Å². The first kappa shape index (κ1) is 12.5. The molecule has 1 aromatic heterocycles. The van der Waals surface area contributed by atoms with Gasteiger partial charge in [-0.2, -0.15) is 0 Å². The van der Waals surface area contributed by atoms with Crippen molar-refractivity contribution in [1.29, 1.82) is 0 Å². The number of ether oxygens (including phenoxy) is 1. The van der Waals surface area contributed by atoms with Crippen molar-refractivity contribution < 1.29 is 9.53 Å². The third-order valence-electron chi connectivity index (χ3n) is 1.90. The molecule has 1 heterocycles. The molecule has 0 atom stereocenters. The Morgan fingerprint density at radius 1 is 1.69 bits per heavy atom. The van der Waals surface area contributed by atoms with E-state index >= 15 is 0 Å². The second-order valence-electron chi connectivity index (χ2n) is 2.95. The summed E-state index contributed by atoms with van der Waals surface area (Å²) in [6, 6.07) is 0. The number of thiazole rings is 1. The normalized spacial score (nSPS) is 9.56. The van der Waals surface area contributed by atoms with Crippen molar-refractivity contribution in [2.75, 3.05) is 24.6 Å². The molecule has 0 aliphatic carbocycles. The summed E-state index contributed by atoms with van der Waals surface area (Å²) in [7, 11) is 0. The zero-order valence-electron chi connectivity index (χ0n) is 9.40. The Kier molecular flexibility index (Phi) is 4.80. The molecule has 4 nitrogen and oxygen atoms in total. The predicted octanol–water partition coefficient (Wildman–Crippen LogP) is 1.78. The van der Waals surface area contributed by atoms with Gasteiger partial charge in [-0.25, -0.2) is 9.78 Å². The minimum absolute atomic E-state index is 0.331. The minimum Gasteiger partial charge on any atom is -0.462 e. The SMILES string of the molecule is C#CCN(CC)c1ncc(C(=O)OCC)s1. The highest BCUT2D eigenvalue weighted by Crippen LogP contribution is 2.22. The molecule has 0 fully saturated rings. The molecule has 0 unspecified atom stereocenters. The van der Waals surface area contributed by atoms with Crippen LogP contribution in [0.2, 0.25) is 0 Å². The molecule has 5 heteroatoms. The smallest absolute Gasteiger partial charge is 0.350 e. The summed E-state index contributed by atoms with van der Waals surface area (Å²) in [6.07, 6.45) is 6.78. The second-order valence-corrected chi connectivity index (χ2v) is 3.95. The molecule has 1 aromatic rings. The summed E-state index contributed by atoms with van der Waals surface area (Å²) in [4.78, 5) is 18.0. The van der Waals surface area contributed by atoms with Gasteiger partial charge in [0.25, 0.3) is 0 Å². The largest absolute Gasteiger partial charge is 0.462 e. The van der Waals surface area contributed by atoms with E-state index in [0.717, 1.165) is 11.7 Å². The van der Waals surface area contributed by atoms with Crippen molar-refractivity contribution in [3.8, 4) is 12.3 Å². The lowest BCUT2D eigenvalue weighted by Gasteiger charge is -2.15. The molecule has 16 heavy (non-hydrogen) atoms. The number of aromatic nitrogens is 1. The number of carbonyl (C=O) groups is 1. The molecule has 0 saturated heterocycles. The van der Waals surface area contributed by atoms with Crippen LogP contribution < -0.4 is 4.90 Å². The fourth-order valence-electron chi connectivity index (χ4n) is 1.13. The molecule has 0 bridgehead atoms. The molecule has 0 aliphatic rings. The Bertz CT molecular complexity index is 395. The van der Waals surface area contributed by atoms with Crippen molar-refractivity contribution in [3.05, 3.63) is 11.1 Å². The Balaban J connectivity index is 2.77. The zero-order valence-corrected chi connectivity index (χ0v) is 10.2. The third-order valence-corrected chi connectivity index (χ3v) is 2.94. The highest BCUT2D eigenvalue weighted by molar-refractivity contribution is 7.17. The Morgan fingerprint density at radius 3 is 3.00 bits per heavy atom. The van der Waals surface area contributed by atoms with Gasteiger partial charge in [-0.3, -0.25) is 0 Å². The van der Waals surface area contributed by atoms with Crippen LogP contribution >= 0.6 is 11.3 Å². The van der Waals surface area contributed by atoms with Crippen LogP contribution in [0.25, 0.3) is 0 Å². The van der Waals surface area contributed by atoms with Gasteiger partial charge < -0.3 is 9.64 Å². The van der Waals surface area contributed by atoms with Crippen LogP contribution in [0.4, 0.5) is 5.13 Å². The van der Waals surface area contributed by atoms with Crippen molar-refractivity contribution >= 4 is 22.4 Å². The van der Waals surface area contributed by atoms with Gasteiger partial charge in [0, 0.05) is 6.54 Å². The van der Waals surface area contributed by atoms with Gasteiger partial charge in [-0.05, 0) is 13.8 Å². The van der Waals surface area contributed by atoms with E-state index in [9.17, 15) is 4.79 Å². The molecular weight excluding hydrogens is 224 g/mol. The van der Waals surface area contributed by atoms with Crippen LogP contribution in [0, 0.1) is 12.3 Å². The topological polar surface area (TPSA) is 42.4 Å². The highest BCUT2D eigenvalue weighted by Gasteiger charge is 2.14. The number of nitrogens with zero attached hydrogens (tertiary/aromatic N) is 2. The Hall–Kier alpha value is -1.54. The summed E-state index contributed by atoms with van der Waals surface area (Å²) >= 11 is 1.30. The predicted molar refractivity (Wildman–Crippen MR) is 64.8 cm³/mol. The molecule has 86 valence electrons. The van der Waals surface area contributed by atoms with E-state index in [2.05, 4.69) is 10.9 Å². The van der Waals surface area contributed by atoms with Crippen LogP contribution in [0.3, 0.4) is 0 Å². The van der Waals surface area contributed by atoms with Crippen molar-refractivity contribution in [1.82, 2.24) is 4.98 Å². The average molecular weight is 238 g/mol. The van der Waals surface area contributed by atoms with Crippen LogP contribution in [0.1, 0.15) is 23.5 Å². The number of hydrogen-bond donors (Lipinski definition) is 0. The zero-order chi connectivity index (χ0) is 12.0. The molecule has 1 rings (SSSR count). The molecule has 0 spiro atoms. The van der Waals surface area contributed by atoms with Gasteiger partial charge in [0.2, 0.25) is 0 Å². The number of carbonyl (C=O) groups excluding carboxylic acids is 1. The molecule has 0 radical (unpaired) electrons. The maximum Gasteiger partial charge on any atom is 0.350 e. The summed E-state index contributed by atoms with van der Waals surface area (Å²) in [5.74, 6) is 2.23. The standard InChI is InChI=1S/C11H14N2O2S/c1-4-7-13(5-2)11-12-8-9(16-11)10(14)15-6-3/h1,8H,5-7H2,2-3H3. The number of terminal acetylenes is 1. The average Bonchev–Trinajstić information content (AvgIpc) is 2.75. The van der Waals surface area contributed by atoms with E-state index in [1.807, 2.05) is 11.8 Å². The first-order valence-corrected chi connectivity index (χ1v) is 5.85. The van der Waals surface area contributed by atoms with E-state index in [0.29, 0.717) is 18.0 Å². The lowest BCUT2D eigenvalue weighted by Crippen LogP contribution is -2.22. The van der Waals surface area contributed by atoms with Crippen molar-refractivity contribution in [3.63, 3.8) is 0 Å². The second kappa shape index (κ2) is 6.13. The monoisotopic (exact) mass is 238 g/mol. The molecule has 0 aromatic carbocycles. The van der Waals surface area contributed by atoms with Crippen LogP contribution in [0.5, 0.6) is 0 Å². The number of esters is 1. The van der Waals surface area contributed by atoms with E-state index in [1.54, 1.807) is 6.92 Å². The fraction of sp³-hybridized carbons (Fsp3) is 0.455. The molecule has 0 N–H and O–H groups in total. The minimum atomic E-state index is -0.331. The Morgan fingerprint density at radius 2 is 2.44 bits per heavy atom. The maximum absolute atomic E-state index is 11.4. The summed E-state index contributed by atoms with van der Waals surface area (Å²) in [5, 5.41) is 0.753. The van der Waals surface area contributed by atoms with E-state index < -0.39 is 0 Å². The van der Waals surface area contributed by atoms with E-state index in [-0.39, 0.29) is 5.97 Å². The highest BCUT2D eigenvalue weighted by atomic mass is 32.1. The summed E-state index contributed by atoms with van der Waals surface area (Å²) in [6.45, 7) is 5.39. The molecule has 0 aliphatic heterocycles. The third kappa shape index (κ3) is 2.97. The molecule has 0 saturated carbocycles. The van der Waals surface area contributed by atoms with Crippen molar-refractivity contribution in [2.24, 2.45) is 0 Å². The van der Waals surface area contributed by atoms with E-state index in [4.69, 9.17) is 11.2 Å². The van der Waals surface area contributed by atoms with Gasteiger partial charge in [0.15, 0.2) is 5.13 Å². The number of hydrogen-bond acceptors (Lipinski definition) is 5. The molecular formula is C11H14N2O2S. The van der Waals surface area contributed by atoms with Gasteiger partial charge in [0.1, 0.15) is 4.88 Å². The lowest BCUT2D eigenvalue weighted by molar-refractivity contribution is 0.0532. The van der Waals surface area contributed by atoms with Crippen molar-refractivity contribution in [2.45, 2.75) is 13.8 Å². The fourth-order valence-corrected chi connectivity index (χ4v) is 2.01. The summed E-state index contributed by atoms with van der Waals surface area (Å²) < 4.78 is 4.89. The Labute approximate surface area is 99.2 Å². The first-order valence-electron chi connectivity index (χ1n) is 5.04. The maximum atomic E-state index is 11.4. The number of rotatable bonds is 5. The van der Waals surface area contributed by atoms with Crippen LogP contribution in [-0.4, -0.2) is 30.6 Å². The van der Waals surface area contributed by atoms with Gasteiger partial charge in [-0.1, -0.05) is 17.3 Å². The van der Waals surface area contributed by atoms with Gasteiger partial charge in [-0.15, -0.1) is 6.42 Å². The number of anilines is 1. The van der Waals surface area contributed by atoms with Gasteiger partial charge in [0.05, 0.1) is 19.3 Å². The quantitative estimate of drug-likeness (QED) is 0.579. The summed E-state index contributed by atoms with van der Waals surface area (Å²) in [5.41, 5.74) is 0. The van der Waals surface area contributed by atoms with Gasteiger partial charge >= 0.3 is 5.97 Å². The van der Waals surface area contributed by atoms with Crippen LogP contribution in [-0.2, 0) is 4.74 Å². The van der Waals surface area contributed by atoms with E-state index in [1.165, 1.54) is 17.5 Å². The lowest BCUT2D eigenvalue weighted by atomic mass is 10.5.